The molecule has 0 aliphatic rings. The second kappa shape index (κ2) is 4.19. The maximum Gasteiger partial charge on any atom is 0.0493 e. The van der Waals surface area contributed by atoms with Crippen LogP contribution in [0, 0.1) is 6.07 Å². The number of aromatic nitrogens is 2. The van der Waals surface area contributed by atoms with Gasteiger partial charge in [0.1, 0.15) is 0 Å². The van der Waals surface area contributed by atoms with Crippen LogP contribution >= 0.6 is 0 Å². The van der Waals surface area contributed by atoms with E-state index in [4.69, 9.17) is 1.37 Å². The molecule has 1 radical (unpaired) electrons. The minimum atomic E-state index is 0. The Morgan fingerprint density at radius 2 is 2.42 bits per heavy atom. The van der Waals surface area contributed by atoms with Crippen molar-refractivity contribution in [1.82, 2.24) is 9.78 Å². The van der Waals surface area contributed by atoms with E-state index in [0.717, 1.165) is 5.69 Å². The van der Waals surface area contributed by atoms with Gasteiger partial charge in [-0.3, -0.25) is 4.68 Å². The summed E-state index contributed by atoms with van der Waals surface area (Å²) in [6.45, 7) is 0. The molecule has 63 valence electrons. The molecule has 0 saturated carbocycles. The Balaban J connectivity index is 0.000000845. The molecule has 2 aromatic rings. The van der Waals surface area contributed by atoms with Crippen molar-refractivity contribution >= 4 is 0 Å². The zero-order valence-corrected chi connectivity index (χ0v) is 8.59. The summed E-state index contributed by atoms with van der Waals surface area (Å²) in [6.07, 6.45) is 3.52. The van der Waals surface area contributed by atoms with Crippen molar-refractivity contribution in [2.75, 3.05) is 0 Å². The Bertz CT molecular complexity index is 373. The second-order valence-electron chi connectivity index (χ2n) is 2.12. The smallest absolute Gasteiger partial charge is 0.0493 e. The Hall–Kier alpha value is -0.921. The molecule has 0 N–H and O–H groups in total. The molecule has 0 unspecified atom stereocenters. The standard InChI is InChI=1S/C9H7N2.Ir/c1-2-5-9(6-3-1)11-8-4-7-10-11;/h1-5,7-8H;/q-1;/i2D;. The third kappa shape index (κ3) is 1.81. The molecule has 12 heavy (non-hydrogen) atoms. The fourth-order valence-corrected chi connectivity index (χ4v) is 0.887. The fraction of sp³-hybridized carbons (Fsp3) is 0. The van der Waals surface area contributed by atoms with E-state index in [2.05, 4.69) is 11.2 Å². The summed E-state index contributed by atoms with van der Waals surface area (Å²) in [7, 11) is 0. The van der Waals surface area contributed by atoms with Gasteiger partial charge in [0.05, 0.1) is 0 Å². The number of rotatable bonds is 1. The van der Waals surface area contributed by atoms with Crippen molar-refractivity contribution in [3.05, 3.63) is 48.8 Å². The van der Waals surface area contributed by atoms with Gasteiger partial charge in [0.15, 0.2) is 0 Å². The van der Waals surface area contributed by atoms with Gasteiger partial charge in [-0.1, -0.05) is 0 Å². The zero-order chi connectivity index (χ0) is 8.39. The van der Waals surface area contributed by atoms with Crippen LogP contribution in [0.15, 0.2) is 42.7 Å². The number of hydrogen-bond acceptors (Lipinski definition) is 1. The summed E-state index contributed by atoms with van der Waals surface area (Å²) in [5.74, 6) is 0. The van der Waals surface area contributed by atoms with Gasteiger partial charge in [-0.05, 0) is 11.8 Å². The fourth-order valence-electron chi connectivity index (χ4n) is 0.887. The first-order chi connectivity index (χ1) is 5.86. The summed E-state index contributed by atoms with van der Waals surface area (Å²) in [5, 5.41) is 4.03. The van der Waals surface area contributed by atoms with Gasteiger partial charge in [0, 0.05) is 33.9 Å². The van der Waals surface area contributed by atoms with Crippen LogP contribution in [0.1, 0.15) is 1.37 Å². The van der Waals surface area contributed by atoms with Crippen molar-refractivity contribution in [2.45, 2.75) is 0 Å². The van der Waals surface area contributed by atoms with E-state index in [-0.39, 0.29) is 20.1 Å². The largest absolute Gasteiger partial charge is 0.266 e. The molecule has 2 nitrogen and oxygen atoms in total. The number of benzene rings is 1. The SMILES string of the molecule is [2H]c1cc[c-]c(-n2cccn2)c1.[Ir]. The molecule has 0 aliphatic carbocycles. The molecule has 0 saturated heterocycles. The molecule has 1 aromatic carbocycles. The summed E-state index contributed by atoms with van der Waals surface area (Å²) < 4.78 is 9.06. The molecule has 3 heteroatoms. The number of nitrogens with zero attached hydrogens (tertiary/aromatic N) is 2. The molecule has 0 bridgehead atoms. The van der Waals surface area contributed by atoms with E-state index in [1.165, 1.54) is 0 Å². The molecule has 0 spiro atoms. The van der Waals surface area contributed by atoms with Gasteiger partial charge in [-0.25, -0.2) is 0 Å². The van der Waals surface area contributed by atoms with Crippen LogP contribution in [-0.4, -0.2) is 9.78 Å². The minimum Gasteiger partial charge on any atom is -0.266 e. The van der Waals surface area contributed by atoms with E-state index in [9.17, 15) is 0 Å². The van der Waals surface area contributed by atoms with E-state index in [1.807, 2.05) is 12.3 Å². The topological polar surface area (TPSA) is 17.8 Å². The molecular formula is C9H7IrN2-. The maximum atomic E-state index is 7.38. The molecule has 1 heterocycles. The number of para-hydroxylation sites is 1. The van der Waals surface area contributed by atoms with Crippen LogP contribution in [0.5, 0.6) is 0 Å². The van der Waals surface area contributed by atoms with Gasteiger partial charge in [-0.2, -0.15) is 29.3 Å². The van der Waals surface area contributed by atoms with Gasteiger partial charge >= 0.3 is 0 Å². The molecule has 0 atom stereocenters. The normalized spacial score (nSPS) is 10.2. The first-order valence-electron chi connectivity index (χ1n) is 3.84. The summed E-state index contributed by atoms with van der Waals surface area (Å²) in [5.41, 5.74) is 0.799. The predicted molar refractivity (Wildman–Crippen MR) is 42.4 cm³/mol. The predicted octanol–water partition coefficient (Wildman–Crippen LogP) is 1.67. The van der Waals surface area contributed by atoms with Crippen LogP contribution in [0.4, 0.5) is 0 Å². The van der Waals surface area contributed by atoms with Crippen LogP contribution in [0.25, 0.3) is 5.69 Å². The third-order valence-electron chi connectivity index (χ3n) is 1.38. The quantitative estimate of drug-likeness (QED) is 0.725. The van der Waals surface area contributed by atoms with Gasteiger partial charge in [0.2, 0.25) is 0 Å². The van der Waals surface area contributed by atoms with Crippen LogP contribution in [-0.2, 0) is 20.1 Å². The van der Waals surface area contributed by atoms with Crippen molar-refractivity contribution in [2.24, 2.45) is 0 Å². The van der Waals surface area contributed by atoms with E-state index >= 15 is 0 Å². The molecule has 2 rings (SSSR count). The first kappa shape index (κ1) is 7.71. The second-order valence-corrected chi connectivity index (χ2v) is 2.12. The third-order valence-corrected chi connectivity index (χ3v) is 1.38. The number of hydrogen-bond donors (Lipinski definition) is 0. The van der Waals surface area contributed by atoms with Crippen LogP contribution < -0.4 is 0 Å². The maximum absolute atomic E-state index is 7.38. The molecular weight excluding hydrogens is 328 g/mol. The molecule has 1 aromatic heterocycles. The summed E-state index contributed by atoms with van der Waals surface area (Å²) in [4.78, 5) is 0. The van der Waals surface area contributed by atoms with Gasteiger partial charge in [-0.15, -0.1) is 6.07 Å². The Morgan fingerprint density at radius 3 is 3.08 bits per heavy atom. The Kier molecular flexibility index (Phi) is 2.69. The van der Waals surface area contributed by atoms with Crippen molar-refractivity contribution in [3.8, 4) is 5.69 Å². The Labute approximate surface area is 86.0 Å². The van der Waals surface area contributed by atoms with Crippen molar-refractivity contribution < 1.29 is 21.5 Å². The molecule has 0 fully saturated rings. The van der Waals surface area contributed by atoms with E-state index in [0.29, 0.717) is 6.04 Å². The zero-order valence-electron chi connectivity index (χ0n) is 7.19. The molecule has 0 aliphatic heterocycles. The van der Waals surface area contributed by atoms with Crippen LogP contribution in [0.3, 0.4) is 0 Å². The monoisotopic (exact) mass is 337 g/mol. The van der Waals surface area contributed by atoms with Crippen molar-refractivity contribution in [1.29, 1.82) is 0 Å². The van der Waals surface area contributed by atoms with Crippen molar-refractivity contribution in [3.63, 3.8) is 0 Å². The average molecular weight is 336 g/mol. The summed E-state index contributed by atoms with van der Waals surface area (Å²) >= 11 is 0. The van der Waals surface area contributed by atoms with E-state index < -0.39 is 0 Å². The first-order valence-corrected chi connectivity index (χ1v) is 3.34. The minimum absolute atomic E-state index is 0. The summed E-state index contributed by atoms with van der Waals surface area (Å²) in [6, 6.07) is 10.4. The van der Waals surface area contributed by atoms with Crippen LogP contribution in [0.2, 0.25) is 0 Å². The molecule has 0 amide bonds. The van der Waals surface area contributed by atoms with Gasteiger partial charge < -0.3 is 0 Å². The van der Waals surface area contributed by atoms with E-state index in [1.54, 1.807) is 29.1 Å². The van der Waals surface area contributed by atoms with Gasteiger partial charge in [0.25, 0.3) is 0 Å². The average Bonchev–Trinajstić information content (AvgIpc) is 2.56. The Morgan fingerprint density at radius 1 is 1.50 bits per heavy atom.